The van der Waals surface area contributed by atoms with Crippen molar-refractivity contribution in [3.63, 3.8) is 0 Å². The van der Waals surface area contributed by atoms with E-state index in [1.807, 2.05) is 0 Å². The molecule has 0 spiro atoms. The standard InChI is InChI=1S/C26H36N4O2/c1-18(2)24-27-23(17-32-4)22(16-20-8-5-7-19(3)15-20)25(28-24)29-11-13-30(14-12-29)26(31)21-9-6-10-21/h5,7-8,15,18,21H,6,9-14,16-17H2,1-4H3. The van der Waals surface area contributed by atoms with E-state index in [2.05, 4.69) is 54.8 Å². The first kappa shape index (κ1) is 22.7. The largest absolute Gasteiger partial charge is 0.378 e. The van der Waals surface area contributed by atoms with Crippen molar-refractivity contribution < 1.29 is 9.53 Å². The number of rotatable bonds is 7. The molecule has 2 aromatic rings. The number of hydrogen-bond donors (Lipinski definition) is 0. The number of methoxy groups -OCH3 is 1. The fraction of sp³-hybridized carbons (Fsp3) is 0.577. The molecule has 2 heterocycles. The van der Waals surface area contributed by atoms with Gasteiger partial charge in [-0.2, -0.15) is 0 Å². The van der Waals surface area contributed by atoms with Gasteiger partial charge < -0.3 is 14.5 Å². The predicted molar refractivity (Wildman–Crippen MR) is 127 cm³/mol. The smallest absolute Gasteiger partial charge is 0.225 e. The highest BCUT2D eigenvalue weighted by atomic mass is 16.5. The Bertz CT molecular complexity index is 947. The average molecular weight is 437 g/mol. The van der Waals surface area contributed by atoms with E-state index in [4.69, 9.17) is 14.7 Å². The topological polar surface area (TPSA) is 58.6 Å². The average Bonchev–Trinajstić information content (AvgIpc) is 2.74. The number of carbonyl (C=O) groups is 1. The van der Waals surface area contributed by atoms with Crippen molar-refractivity contribution >= 4 is 11.7 Å². The molecule has 1 aliphatic heterocycles. The van der Waals surface area contributed by atoms with Gasteiger partial charge in [-0.15, -0.1) is 0 Å². The van der Waals surface area contributed by atoms with E-state index < -0.39 is 0 Å². The van der Waals surface area contributed by atoms with Crippen LogP contribution >= 0.6 is 0 Å². The molecule has 1 amide bonds. The van der Waals surface area contributed by atoms with E-state index in [1.165, 1.54) is 17.5 Å². The third kappa shape index (κ3) is 4.96. The summed E-state index contributed by atoms with van der Waals surface area (Å²) >= 11 is 0. The summed E-state index contributed by atoms with van der Waals surface area (Å²) in [5.74, 6) is 2.71. The van der Waals surface area contributed by atoms with Crippen molar-refractivity contribution in [3.05, 3.63) is 52.5 Å². The maximum atomic E-state index is 12.7. The van der Waals surface area contributed by atoms with Gasteiger partial charge in [-0.05, 0) is 25.3 Å². The molecule has 0 radical (unpaired) electrons. The molecule has 1 aromatic heterocycles. The summed E-state index contributed by atoms with van der Waals surface area (Å²) in [5.41, 5.74) is 4.61. The quantitative estimate of drug-likeness (QED) is 0.654. The molecule has 2 fully saturated rings. The van der Waals surface area contributed by atoms with Gasteiger partial charge in [0.05, 0.1) is 12.3 Å². The number of aromatic nitrogens is 2. The highest BCUT2D eigenvalue weighted by Crippen LogP contribution is 2.31. The minimum Gasteiger partial charge on any atom is -0.378 e. The van der Waals surface area contributed by atoms with Crippen LogP contribution in [-0.4, -0.2) is 54.1 Å². The lowest BCUT2D eigenvalue weighted by Crippen LogP contribution is -2.51. The second-order valence-electron chi connectivity index (χ2n) is 9.52. The van der Waals surface area contributed by atoms with Crippen LogP contribution in [-0.2, 0) is 22.6 Å². The van der Waals surface area contributed by atoms with Crippen LogP contribution in [0.25, 0.3) is 0 Å². The lowest BCUT2D eigenvalue weighted by atomic mass is 9.84. The third-order valence-electron chi connectivity index (χ3n) is 6.69. The fourth-order valence-corrected chi connectivity index (χ4v) is 4.57. The van der Waals surface area contributed by atoms with Crippen molar-refractivity contribution in [2.24, 2.45) is 5.92 Å². The monoisotopic (exact) mass is 436 g/mol. The van der Waals surface area contributed by atoms with Crippen LogP contribution in [0.1, 0.15) is 67.2 Å². The number of piperazine rings is 1. The number of ether oxygens (including phenoxy) is 1. The Labute approximate surface area is 192 Å². The Balaban J connectivity index is 1.63. The summed E-state index contributed by atoms with van der Waals surface area (Å²) in [6.45, 7) is 9.99. The SMILES string of the molecule is COCc1nc(C(C)C)nc(N2CCN(C(=O)C3CCC3)CC2)c1Cc1cccc(C)c1. The Morgan fingerprint density at radius 2 is 1.91 bits per heavy atom. The number of hydrogen-bond acceptors (Lipinski definition) is 5. The predicted octanol–water partition coefficient (Wildman–Crippen LogP) is 4.09. The Hall–Kier alpha value is -2.47. The van der Waals surface area contributed by atoms with E-state index >= 15 is 0 Å². The van der Waals surface area contributed by atoms with Crippen LogP contribution < -0.4 is 4.90 Å². The summed E-state index contributed by atoms with van der Waals surface area (Å²) in [6, 6.07) is 8.62. The number of nitrogens with zero attached hydrogens (tertiary/aromatic N) is 4. The zero-order chi connectivity index (χ0) is 22.7. The second-order valence-corrected chi connectivity index (χ2v) is 9.52. The molecule has 0 atom stereocenters. The fourth-order valence-electron chi connectivity index (χ4n) is 4.57. The summed E-state index contributed by atoms with van der Waals surface area (Å²) in [6.07, 6.45) is 4.09. The number of benzene rings is 1. The lowest BCUT2D eigenvalue weighted by Gasteiger charge is -2.39. The molecule has 172 valence electrons. The van der Waals surface area contributed by atoms with Crippen molar-refractivity contribution in [2.75, 3.05) is 38.2 Å². The number of aryl methyl sites for hydroxylation is 1. The molecule has 1 saturated carbocycles. The van der Waals surface area contributed by atoms with Crippen LogP contribution in [0.5, 0.6) is 0 Å². The highest BCUT2D eigenvalue weighted by molar-refractivity contribution is 5.80. The van der Waals surface area contributed by atoms with Gasteiger partial charge in [0, 0.05) is 57.1 Å². The normalized spacial score (nSPS) is 17.0. The summed E-state index contributed by atoms with van der Waals surface area (Å²) in [4.78, 5) is 27.1. The minimum atomic E-state index is 0.235. The lowest BCUT2D eigenvalue weighted by molar-refractivity contribution is -0.138. The Morgan fingerprint density at radius 3 is 2.50 bits per heavy atom. The van der Waals surface area contributed by atoms with Crippen LogP contribution in [0.15, 0.2) is 24.3 Å². The van der Waals surface area contributed by atoms with Gasteiger partial charge in [0.1, 0.15) is 11.6 Å². The zero-order valence-electron chi connectivity index (χ0n) is 19.9. The van der Waals surface area contributed by atoms with Gasteiger partial charge in [-0.1, -0.05) is 50.1 Å². The molecule has 0 unspecified atom stereocenters. The summed E-state index contributed by atoms with van der Waals surface area (Å²) in [5, 5.41) is 0. The third-order valence-corrected chi connectivity index (χ3v) is 6.69. The van der Waals surface area contributed by atoms with Gasteiger partial charge in [0.2, 0.25) is 5.91 Å². The molecule has 2 aliphatic rings. The molecule has 4 rings (SSSR count). The van der Waals surface area contributed by atoms with Crippen molar-refractivity contribution in [3.8, 4) is 0 Å². The number of amides is 1. The van der Waals surface area contributed by atoms with Crippen LogP contribution in [0, 0.1) is 12.8 Å². The molecule has 32 heavy (non-hydrogen) atoms. The van der Waals surface area contributed by atoms with Crippen LogP contribution in [0.3, 0.4) is 0 Å². The minimum absolute atomic E-state index is 0.235. The zero-order valence-corrected chi connectivity index (χ0v) is 19.9. The summed E-state index contributed by atoms with van der Waals surface area (Å²) < 4.78 is 5.54. The highest BCUT2D eigenvalue weighted by Gasteiger charge is 2.32. The molecule has 0 N–H and O–H groups in total. The van der Waals surface area contributed by atoms with Gasteiger partial charge in [-0.25, -0.2) is 9.97 Å². The van der Waals surface area contributed by atoms with Gasteiger partial charge in [0.25, 0.3) is 0 Å². The van der Waals surface area contributed by atoms with Crippen LogP contribution in [0.4, 0.5) is 5.82 Å². The van der Waals surface area contributed by atoms with E-state index in [-0.39, 0.29) is 11.8 Å². The van der Waals surface area contributed by atoms with Gasteiger partial charge in [-0.3, -0.25) is 4.79 Å². The molecular formula is C26H36N4O2. The molecule has 1 aliphatic carbocycles. The van der Waals surface area contributed by atoms with Gasteiger partial charge in [0.15, 0.2) is 0 Å². The first-order valence-corrected chi connectivity index (χ1v) is 11.9. The molecule has 0 bridgehead atoms. The molecule has 1 saturated heterocycles. The first-order valence-electron chi connectivity index (χ1n) is 11.9. The number of carbonyl (C=O) groups excluding carboxylic acids is 1. The Morgan fingerprint density at radius 1 is 1.16 bits per heavy atom. The van der Waals surface area contributed by atoms with Crippen molar-refractivity contribution in [2.45, 2.75) is 59.0 Å². The van der Waals surface area contributed by atoms with Crippen LogP contribution in [0.2, 0.25) is 0 Å². The first-order chi connectivity index (χ1) is 15.5. The number of anilines is 1. The van der Waals surface area contributed by atoms with E-state index in [1.54, 1.807) is 7.11 Å². The van der Waals surface area contributed by atoms with E-state index in [9.17, 15) is 4.79 Å². The maximum Gasteiger partial charge on any atom is 0.225 e. The van der Waals surface area contributed by atoms with Crippen molar-refractivity contribution in [1.82, 2.24) is 14.9 Å². The molecule has 6 nitrogen and oxygen atoms in total. The van der Waals surface area contributed by atoms with E-state index in [0.29, 0.717) is 12.5 Å². The van der Waals surface area contributed by atoms with E-state index in [0.717, 1.165) is 68.3 Å². The molecule has 1 aromatic carbocycles. The summed E-state index contributed by atoms with van der Waals surface area (Å²) in [7, 11) is 1.72. The molecule has 6 heteroatoms. The Kier molecular flexibility index (Phi) is 7.09. The van der Waals surface area contributed by atoms with Crippen molar-refractivity contribution in [1.29, 1.82) is 0 Å². The van der Waals surface area contributed by atoms with Gasteiger partial charge >= 0.3 is 0 Å². The second kappa shape index (κ2) is 9.99. The maximum absolute atomic E-state index is 12.7. The molecular weight excluding hydrogens is 400 g/mol.